The number of nitrogens with zero attached hydrogens (tertiary/aromatic N) is 1. The summed E-state index contributed by atoms with van der Waals surface area (Å²) in [5.74, 6) is 0. The summed E-state index contributed by atoms with van der Waals surface area (Å²) in [6, 6.07) is 8.87. The van der Waals surface area contributed by atoms with E-state index in [1.54, 1.807) is 0 Å². The van der Waals surface area contributed by atoms with Crippen LogP contribution in [0.1, 0.15) is 38.5 Å². The van der Waals surface area contributed by atoms with E-state index < -0.39 is 0 Å². The third-order valence-electron chi connectivity index (χ3n) is 4.91. The molecule has 1 saturated carbocycles. The van der Waals surface area contributed by atoms with E-state index in [0.29, 0.717) is 12.1 Å². The number of aliphatic hydroxyl groups is 1. The van der Waals surface area contributed by atoms with Crippen molar-refractivity contribution in [3.8, 4) is 0 Å². The van der Waals surface area contributed by atoms with Crippen molar-refractivity contribution >= 4 is 17.3 Å². The molecule has 1 aliphatic carbocycles. The summed E-state index contributed by atoms with van der Waals surface area (Å²) in [5, 5.41) is 14.6. The van der Waals surface area contributed by atoms with E-state index in [-0.39, 0.29) is 6.10 Å². The molecule has 0 aromatic heterocycles. The number of rotatable bonds is 3. The first-order chi connectivity index (χ1) is 10.2. The van der Waals surface area contributed by atoms with Crippen LogP contribution in [0.25, 0.3) is 0 Å². The molecule has 3 rings (SSSR count). The van der Waals surface area contributed by atoms with Gasteiger partial charge >= 0.3 is 0 Å². The molecule has 1 heterocycles. The lowest BCUT2D eigenvalue weighted by Crippen LogP contribution is -2.50. The van der Waals surface area contributed by atoms with Crippen LogP contribution in [0.2, 0.25) is 5.02 Å². The van der Waals surface area contributed by atoms with Gasteiger partial charge in [0.1, 0.15) is 0 Å². The number of halogens is 1. The van der Waals surface area contributed by atoms with Gasteiger partial charge in [-0.1, -0.05) is 24.4 Å². The third kappa shape index (κ3) is 3.91. The first kappa shape index (κ1) is 15.1. The predicted octanol–water partition coefficient (Wildman–Crippen LogP) is 3.52. The monoisotopic (exact) mass is 308 g/mol. The lowest BCUT2D eigenvalue weighted by molar-refractivity contribution is 0.00994. The fourth-order valence-corrected chi connectivity index (χ4v) is 3.80. The number of hydrogen-bond donors (Lipinski definition) is 2. The van der Waals surface area contributed by atoms with E-state index in [9.17, 15) is 5.11 Å². The summed E-state index contributed by atoms with van der Waals surface area (Å²) in [5.41, 5.74) is 1.15. The molecule has 0 spiro atoms. The van der Waals surface area contributed by atoms with Gasteiger partial charge in [0.05, 0.1) is 6.10 Å². The van der Waals surface area contributed by atoms with Gasteiger partial charge in [-0.3, -0.25) is 4.90 Å². The largest absolute Gasteiger partial charge is 0.391 e. The second-order valence-electron chi connectivity index (χ2n) is 6.38. The van der Waals surface area contributed by atoms with Gasteiger partial charge in [0, 0.05) is 35.9 Å². The molecule has 0 radical (unpaired) electrons. The molecule has 2 atom stereocenters. The summed E-state index contributed by atoms with van der Waals surface area (Å²) in [4.78, 5) is 2.50. The highest BCUT2D eigenvalue weighted by molar-refractivity contribution is 6.30. The Morgan fingerprint density at radius 2 is 1.67 bits per heavy atom. The van der Waals surface area contributed by atoms with Crippen molar-refractivity contribution in [2.24, 2.45) is 0 Å². The van der Waals surface area contributed by atoms with Crippen LogP contribution in [0, 0.1) is 0 Å². The Morgan fingerprint density at radius 1 is 1.00 bits per heavy atom. The zero-order chi connectivity index (χ0) is 14.7. The quantitative estimate of drug-likeness (QED) is 0.897. The minimum absolute atomic E-state index is 0.112. The van der Waals surface area contributed by atoms with E-state index >= 15 is 0 Å². The normalized spacial score (nSPS) is 28.5. The molecule has 21 heavy (non-hydrogen) atoms. The Morgan fingerprint density at radius 3 is 2.33 bits per heavy atom. The molecule has 1 aliphatic heterocycles. The molecule has 2 fully saturated rings. The van der Waals surface area contributed by atoms with Crippen LogP contribution in [-0.2, 0) is 0 Å². The number of benzene rings is 1. The van der Waals surface area contributed by atoms with E-state index in [0.717, 1.165) is 49.5 Å². The minimum atomic E-state index is -0.112. The Bertz CT molecular complexity index is 443. The highest BCUT2D eigenvalue weighted by Gasteiger charge is 2.31. The van der Waals surface area contributed by atoms with Crippen molar-refractivity contribution in [3.63, 3.8) is 0 Å². The van der Waals surface area contributed by atoms with E-state index in [1.165, 1.54) is 12.8 Å². The molecule has 0 unspecified atom stereocenters. The van der Waals surface area contributed by atoms with E-state index in [1.807, 2.05) is 24.3 Å². The van der Waals surface area contributed by atoms with Crippen molar-refractivity contribution in [3.05, 3.63) is 29.3 Å². The molecule has 2 N–H and O–H groups in total. The zero-order valence-corrected chi connectivity index (χ0v) is 13.2. The van der Waals surface area contributed by atoms with Crippen LogP contribution < -0.4 is 5.32 Å². The fraction of sp³-hybridized carbons (Fsp3) is 0.647. The Hall–Kier alpha value is -0.770. The SMILES string of the molecule is O[C@@H]1CCCC[C@H]1N1CCC(Nc2ccc(Cl)cc2)CC1. The van der Waals surface area contributed by atoms with Gasteiger partial charge in [0.25, 0.3) is 0 Å². The van der Waals surface area contributed by atoms with Gasteiger partial charge in [-0.05, 0) is 49.9 Å². The maximum absolute atomic E-state index is 10.2. The van der Waals surface area contributed by atoms with Gasteiger partial charge in [-0.2, -0.15) is 0 Å². The van der Waals surface area contributed by atoms with E-state index in [4.69, 9.17) is 11.6 Å². The second kappa shape index (κ2) is 6.99. The van der Waals surface area contributed by atoms with Gasteiger partial charge in [0.15, 0.2) is 0 Å². The van der Waals surface area contributed by atoms with E-state index in [2.05, 4.69) is 10.2 Å². The number of likely N-dealkylation sites (tertiary alicyclic amines) is 1. The molecule has 0 bridgehead atoms. The Labute approximate surface area is 132 Å². The van der Waals surface area contributed by atoms with Crippen molar-refractivity contribution in [2.45, 2.75) is 56.7 Å². The van der Waals surface area contributed by atoms with Crippen LogP contribution in [0.3, 0.4) is 0 Å². The molecular formula is C17H25ClN2O. The maximum Gasteiger partial charge on any atom is 0.0695 e. The van der Waals surface area contributed by atoms with Gasteiger partial charge in [-0.25, -0.2) is 0 Å². The van der Waals surface area contributed by atoms with Crippen LogP contribution >= 0.6 is 11.6 Å². The van der Waals surface area contributed by atoms with Gasteiger partial charge in [-0.15, -0.1) is 0 Å². The van der Waals surface area contributed by atoms with Crippen LogP contribution in [0.15, 0.2) is 24.3 Å². The molecule has 0 amide bonds. The summed E-state index contributed by atoms with van der Waals surface area (Å²) >= 11 is 5.92. The van der Waals surface area contributed by atoms with Crippen molar-refractivity contribution in [2.75, 3.05) is 18.4 Å². The van der Waals surface area contributed by atoms with Gasteiger partial charge in [0.2, 0.25) is 0 Å². The Balaban J connectivity index is 1.49. The first-order valence-electron chi connectivity index (χ1n) is 8.16. The average Bonchev–Trinajstić information content (AvgIpc) is 2.51. The number of anilines is 1. The molecule has 3 nitrogen and oxygen atoms in total. The molecule has 4 heteroatoms. The highest BCUT2D eigenvalue weighted by atomic mass is 35.5. The lowest BCUT2D eigenvalue weighted by Gasteiger charge is -2.41. The molecule has 1 aromatic rings. The zero-order valence-electron chi connectivity index (χ0n) is 12.5. The van der Waals surface area contributed by atoms with Crippen LogP contribution in [0.4, 0.5) is 5.69 Å². The molecular weight excluding hydrogens is 284 g/mol. The lowest BCUT2D eigenvalue weighted by atomic mass is 9.89. The topological polar surface area (TPSA) is 35.5 Å². The number of hydrogen-bond acceptors (Lipinski definition) is 3. The summed E-state index contributed by atoms with van der Waals surface area (Å²) in [6.45, 7) is 2.18. The first-order valence-corrected chi connectivity index (χ1v) is 8.54. The average molecular weight is 309 g/mol. The fourth-order valence-electron chi connectivity index (χ4n) is 3.67. The second-order valence-corrected chi connectivity index (χ2v) is 6.82. The third-order valence-corrected chi connectivity index (χ3v) is 5.16. The Kier molecular flexibility index (Phi) is 5.04. The van der Waals surface area contributed by atoms with Crippen LogP contribution in [0.5, 0.6) is 0 Å². The van der Waals surface area contributed by atoms with Crippen LogP contribution in [-0.4, -0.2) is 41.3 Å². The summed E-state index contributed by atoms with van der Waals surface area (Å²) in [6.07, 6.45) is 6.78. The molecule has 2 aliphatic rings. The maximum atomic E-state index is 10.2. The summed E-state index contributed by atoms with van der Waals surface area (Å²) < 4.78 is 0. The predicted molar refractivity (Wildman–Crippen MR) is 87.9 cm³/mol. The molecule has 1 aromatic carbocycles. The van der Waals surface area contributed by atoms with Crippen molar-refractivity contribution < 1.29 is 5.11 Å². The molecule has 1 saturated heterocycles. The smallest absolute Gasteiger partial charge is 0.0695 e. The standard InChI is InChI=1S/C17H25ClN2O/c18-13-5-7-14(8-6-13)19-15-9-11-20(12-10-15)16-3-1-2-4-17(16)21/h5-8,15-17,19,21H,1-4,9-12H2/t16-,17-/m1/s1. The van der Waals surface area contributed by atoms with Gasteiger partial charge < -0.3 is 10.4 Å². The highest BCUT2D eigenvalue weighted by Crippen LogP contribution is 2.27. The van der Waals surface area contributed by atoms with Crippen molar-refractivity contribution in [1.82, 2.24) is 4.90 Å². The number of nitrogens with one attached hydrogen (secondary N) is 1. The molecule has 116 valence electrons. The number of piperidine rings is 1. The number of aliphatic hydroxyl groups excluding tert-OH is 1. The van der Waals surface area contributed by atoms with Crippen molar-refractivity contribution in [1.29, 1.82) is 0 Å². The summed E-state index contributed by atoms with van der Waals surface area (Å²) in [7, 11) is 0. The minimum Gasteiger partial charge on any atom is -0.391 e.